The Morgan fingerprint density at radius 2 is 1.90 bits per heavy atom. The number of carbonyl (C=O) groups excluding carboxylic acids is 3. The Balaban J connectivity index is 2.76. The molecule has 0 spiro atoms. The summed E-state index contributed by atoms with van der Waals surface area (Å²) in [5.41, 5.74) is 0.919. The summed E-state index contributed by atoms with van der Waals surface area (Å²) in [4.78, 5) is 34.4. The van der Waals surface area contributed by atoms with E-state index in [1.54, 1.807) is 12.1 Å². The van der Waals surface area contributed by atoms with Gasteiger partial charge in [0.25, 0.3) is 5.91 Å². The second kappa shape index (κ2) is 7.70. The first kappa shape index (κ1) is 16.2. The second-order valence-electron chi connectivity index (χ2n) is 4.22. The monoisotopic (exact) mass is 288 g/mol. The average Bonchev–Trinajstić information content (AvgIpc) is 2.46. The standard InChI is InChI=1S/C15H16N2O4/c1-4-5-13(15(20)21-3)17-14(19)11-6-8-12(9-7-11)16-10(2)18/h1,6-9,13H,5H2,2-3H3,(H,16,18)(H,17,19)/t13-/m1/s1. The number of hydrogen-bond acceptors (Lipinski definition) is 4. The van der Waals surface area contributed by atoms with E-state index in [4.69, 9.17) is 6.42 Å². The van der Waals surface area contributed by atoms with Crippen LogP contribution in [-0.4, -0.2) is 30.9 Å². The first-order chi connectivity index (χ1) is 9.97. The lowest BCUT2D eigenvalue weighted by atomic mass is 10.1. The van der Waals surface area contributed by atoms with E-state index >= 15 is 0 Å². The maximum absolute atomic E-state index is 12.0. The molecule has 2 N–H and O–H groups in total. The molecule has 0 aliphatic rings. The summed E-state index contributed by atoms with van der Waals surface area (Å²) in [7, 11) is 1.22. The van der Waals surface area contributed by atoms with Crippen LogP contribution >= 0.6 is 0 Å². The molecule has 1 rings (SSSR count). The highest BCUT2D eigenvalue weighted by Gasteiger charge is 2.21. The molecule has 0 aliphatic heterocycles. The van der Waals surface area contributed by atoms with Crippen molar-refractivity contribution in [2.45, 2.75) is 19.4 Å². The fourth-order valence-corrected chi connectivity index (χ4v) is 1.60. The molecular formula is C15H16N2O4. The van der Waals surface area contributed by atoms with Gasteiger partial charge in [-0.25, -0.2) is 4.79 Å². The van der Waals surface area contributed by atoms with Crippen molar-refractivity contribution in [3.8, 4) is 12.3 Å². The van der Waals surface area contributed by atoms with E-state index < -0.39 is 17.9 Å². The highest BCUT2D eigenvalue weighted by Crippen LogP contribution is 2.10. The summed E-state index contributed by atoms with van der Waals surface area (Å²) < 4.78 is 4.57. The minimum Gasteiger partial charge on any atom is -0.467 e. The van der Waals surface area contributed by atoms with Crippen LogP contribution in [0.4, 0.5) is 5.69 Å². The summed E-state index contributed by atoms with van der Waals surface area (Å²) in [5, 5.41) is 5.09. The third kappa shape index (κ3) is 4.99. The Morgan fingerprint density at radius 1 is 1.29 bits per heavy atom. The van der Waals surface area contributed by atoms with Crippen molar-refractivity contribution in [3.05, 3.63) is 29.8 Å². The predicted molar refractivity (Wildman–Crippen MR) is 77.5 cm³/mol. The van der Waals surface area contributed by atoms with Crippen molar-refractivity contribution >= 4 is 23.5 Å². The van der Waals surface area contributed by atoms with Crippen LogP contribution in [-0.2, 0) is 14.3 Å². The first-order valence-corrected chi connectivity index (χ1v) is 6.17. The Bertz CT molecular complexity index is 572. The number of anilines is 1. The van der Waals surface area contributed by atoms with Crippen LogP contribution in [0.5, 0.6) is 0 Å². The van der Waals surface area contributed by atoms with Crippen molar-refractivity contribution in [1.82, 2.24) is 5.32 Å². The van der Waals surface area contributed by atoms with E-state index in [9.17, 15) is 14.4 Å². The molecule has 21 heavy (non-hydrogen) atoms. The predicted octanol–water partition coefficient (Wildman–Crippen LogP) is 0.940. The van der Waals surface area contributed by atoms with Gasteiger partial charge in [-0.05, 0) is 24.3 Å². The van der Waals surface area contributed by atoms with Gasteiger partial charge < -0.3 is 15.4 Å². The molecule has 1 aromatic carbocycles. The van der Waals surface area contributed by atoms with Gasteiger partial charge in [-0.1, -0.05) is 0 Å². The number of rotatable bonds is 5. The topological polar surface area (TPSA) is 84.5 Å². The minimum absolute atomic E-state index is 0.0440. The molecular weight excluding hydrogens is 272 g/mol. The largest absolute Gasteiger partial charge is 0.467 e. The molecule has 0 heterocycles. The van der Waals surface area contributed by atoms with E-state index in [1.165, 1.54) is 26.2 Å². The lowest BCUT2D eigenvalue weighted by Gasteiger charge is -2.14. The van der Waals surface area contributed by atoms with Crippen LogP contribution in [0.15, 0.2) is 24.3 Å². The molecule has 0 bridgehead atoms. The normalized spacial score (nSPS) is 10.9. The lowest BCUT2D eigenvalue weighted by Crippen LogP contribution is -2.41. The molecule has 110 valence electrons. The molecule has 0 saturated heterocycles. The summed E-state index contributed by atoms with van der Waals surface area (Å²) >= 11 is 0. The molecule has 0 aliphatic carbocycles. The van der Waals surface area contributed by atoms with Crippen LogP contribution in [0.3, 0.4) is 0 Å². The Morgan fingerprint density at radius 3 is 2.38 bits per heavy atom. The Labute approximate surface area is 122 Å². The van der Waals surface area contributed by atoms with Crippen molar-refractivity contribution in [3.63, 3.8) is 0 Å². The van der Waals surface area contributed by atoms with Crippen LogP contribution < -0.4 is 10.6 Å². The fourth-order valence-electron chi connectivity index (χ4n) is 1.60. The number of benzene rings is 1. The van der Waals surface area contributed by atoms with E-state index in [0.29, 0.717) is 11.3 Å². The molecule has 0 radical (unpaired) electrons. The molecule has 0 unspecified atom stereocenters. The van der Waals surface area contributed by atoms with E-state index in [-0.39, 0.29) is 12.3 Å². The van der Waals surface area contributed by atoms with Gasteiger partial charge in [0.2, 0.25) is 5.91 Å². The zero-order valence-corrected chi connectivity index (χ0v) is 11.8. The van der Waals surface area contributed by atoms with Gasteiger partial charge >= 0.3 is 5.97 Å². The molecule has 6 heteroatoms. The summed E-state index contributed by atoms with van der Waals surface area (Å²) in [5.74, 6) is 1.06. The van der Waals surface area contributed by atoms with Crippen LogP contribution in [0.1, 0.15) is 23.7 Å². The van der Waals surface area contributed by atoms with Crippen LogP contribution in [0.25, 0.3) is 0 Å². The summed E-state index contributed by atoms with van der Waals surface area (Å²) in [6, 6.07) is 5.35. The van der Waals surface area contributed by atoms with E-state index in [0.717, 1.165) is 0 Å². The number of ether oxygens (including phenoxy) is 1. The summed E-state index contributed by atoms with van der Waals surface area (Å²) in [6.07, 6.45) is 5.20. The van der Waals surface area contributed by atoms with E-state index in [2.05, 4.69) is 21.3 Å². The van der Waals surface area contributed by atoms with Gasteiger partial charge in [0.05, 0.1) is 7.11 Å². The molecule has 0 fully saturated rings. The number of amides is 2. The highest BCUT2D eigenvalue weighted by molar-refractivity contribution is 5.97. The summed E-state index contributed by atoms with van der Waals surface area (Å²) in [6.45, 7) is 1.39. The minimum atomic E-state index is -0.887. The average molecular weight is 288 g/mol. The van der Waals surface area contributed by atoms with Crippen molar-refractivity contribution in [2.75, 3.05) is 12.4 Å². The van der Waals surface area contributed by atoms with Gasteiger partial charge in [0.15, 0.2) is 0 Å². The lowest BCUT2D eigenvalue weighted by molar-refractivity contribution is -0.142. The SMILES string of the molecule is C#CC[C@@H](NC(=O)c1ccc(NC(C)=O)cc1)C(=O)OC. The number of esters is 1. The van der Waals surface area contributed by atoms with Gasteiger partial charge in [-0.3, -0.25) is 9.59 Å². The van der Waals surface area contributed by atoms with E-state index in [1.807, 2.05) is 0 Å². The van der Waals surface area contributed by atoms with Gasteiger partial charge in [0, 0.05) is 24.6 Å². The third-order valence-electron chi connectivity index (χ3n) is 2.58. The zero-order valence-electron chi connectivity index (χ0n) is 11.8. The number of terminal acetylenes is 1. The van der Waals surface area contributed by atoms with Crippen LogP contribution in [0.2, 0.25) is 0 Å². The second-order valence-corrected chi connectivity index (χ2v) is 4.22. The molecule has 1 aromatic rings. The fraction of sp³-hybridized carbons (Fsp3) is 0.267. The molecule has 6 nitrogen and oxygen atoms in total. The Kier molecular flexibility index (Phi) is 5.96. The van der Waals surface area contributed by atoms with Gasteiger partial charge in [-0.15, -0.1) is 12.3 Å². The first-order valence-electron chi connectivity index (χ1n) is 6.17. The van der Waals surface area contributed by atoms with Crippen molar-refractivity contribution in [2.24, 2.45) is 0 Å². The molecule has 1 atom stereocenters. The molecule has 2 amide bonds. The number of hydrogen-bond donors (Lipinski definition) is 2. The van der Waals surface area contributed by atoms with Crippen molar-refractivity contribution in [1.29, 1.82) is 0 Å². The van der Waals surface area contributed by atoms with Crippen LogP contribution in [0, 0.1) is 12.3 Å². The molecule has 0 aromatic heterocycles. The molecule has 0 saturated carbocycles. The Hall–Kier alpha value is -2.81. The maximum atomic E-state index is 12.0. The number of nitrogens with one attached hydrogen (secondary N) is 2. The van der Waals surface area contributed by atoms with Gasteiger partial charge in [0.1, 0.15) is 6.04 Å². The van der Waals surface area contributed by atoms with Crippen molar-refractivity contribution < 1.29 is 19.1 Å². The number of methoxy groups -OCH3 is 1. The quantitative estimate of drug-likeness (QED) is 0.624. The maximum Gasteiger partial charge on any atom is 0.329 e. The third-order valence-corrected chi connectivity index (χ3v) is 2.58. The smallest absolute Gasteiger partial charge is 0.329 e. The number of carbonyl (C=O) groups is 3. The van der Waals surface area contributed by atoms with Gasteiger partial charge in [-0.2, -0.15) is 0 Å². The highest BCUT2D eigenvalue weighted by atomic mass is 16.5. The zero-order chi connectivity index (χ0) is 15.8.